The van der Waals surface area contributed by atoms with Gasteiger partial charge in [0.05, 0.1) is 11.4 Å². The molecule has 0 saturated carbocycles. The first kappa shape index (κ1) is 16.5. The Morgan fingerprint density at radius 3 is 1.68 bits per heavy atom. The third-order valence-electron chi connectivity index (χ3n) is 3.62. The van der Waals surface area contributed by atoms with Crippen molar-refractivity contribution in [2.24, 2.45) is 9.98 Å². The first-order chi connectivity index (χ1) is 12.1. The van der Waals surface area contributed by atoms with Crippen LogP contribution in [0.4, 0.5) is 0 Å². The van der Waals surface area contributed by atoms with Crippen molar-refractivity contribution in [3.05, 3.63) is 95.6 Å². The second-order valence-electron chi connectivity index (χ2n) is 5.56. The molecule has 3 rings (SSSR count). The average Bonchev–Trinajstić information content (AvgIpc) is 2.65. The molecule has 2 aromatic carbocycles. The van der Waals surface area contributed by atoms with E-state index in [1.54, 1.807) is 60.7 Å². The molecule has 0 unspecified atom stereocenters. The molecule has 0 atom stereocenters. The van der Waals surface area contributed by atoms with Gasteiger partial charge in [0.25, 0.3) is 11.8 Å². The summed E-state index contributed by atoms with van der Waals surface area (Å²) in [5.41, 5.74) is 2.68. The van der Waals surface area contributed by atoms with Crippen LogP contribution in [0.1, 0.15) is 27.6 Å². The molecule has 0 N–H and O–H groups in total. The predicted molar refractivity (Wildman–Crippen MR) is 99.3 cm³/mol. The van der Waals surface area contributed by atoms with Crippen LogP contribution in [-0.4, -0.2) is 23.2 Å². The zero-order chi connectivity index (χ0) is 17.6. The minimum atomic E-state index is -0.368. The number of hydrogen-bond donors (Lipinski definition) is 0. The molecule has 0 heterocycles. The molecule has 122 valence electrons. The number of rotatable bonds is 2. The topological polar surface area (TPSA) is 58.9 Å². The number of allylic oxidation sites excluding steroid dienone is 4. The van der Waals surface area contributed by atoms with E-state index in [0.29, 0.717) is 22.6 Å². The van der Waals surface area contributed by atoms with E-state index in [1.807, 2.05) is 25.1 Å². The standard InChI is InChI=1S/C21H16N2O2/c1-15-12-13-18(22-20(24)16-8-4-2-5-9-16)19(14-15)23-21(25)17-10-6-3-7-11-17/h2-14H,1H3. The molecule has 0 saturated heterocycles. The van der Waals surface area contributed by atoms with Gasteiger partial charge in [-0.3, -0.25) is 9.59 Å². The van der Waals surface area contributed by atoms with Crippen LogP contribution in [0.5, 0.6) is 0 Å². The Morgan fingerprint density at radius 2 is 1.16 bits per heavy atom. The van der Waals surface area contributed by atoms with Gasteiger partial charge in [0, 0.05) is 11.1 Å². The molecule has 0 radical (unpaired) electrons. The van der Waals surface area contributed by atoms with Crippen molar-refractivity contribution >= 4 is 23.2 Å². The highest BCUT2D eigenvalue weighted by molar-refractivity contribution is 6.53. The quantitative estimate of drug-likeness (QED) is 0.780. The molecule has 1 aliphatic carbocycles. The van der Waals surface area contributed by atoms with Crippen LogP contribution >= 0.6 is 0 Å². The molecular formula is C21H16N2O2. The Balaban J connectivity index is 1.94. The van der Waals surface area contributed by atoms with Crippen LogP contribution in [0.15, 0.2) is 94.4 Å². The van der Waals surface area contributed by atoms with Crippen LogP contribution in [0.3, 0.4) is 0 Å². The molecule has 1 aliphatic rings. The number of nitrogens with zero attached hydrogens (tertiary/aromatic N) is 2. The summed E-state index contributed by atoms with van der Waals surface area (Å²) in [5, 5.41) is 0. The summed E-state index contributed by atoms with van der Waals surface area (Å²) in [4.78, 5) is 32.9. The lowest BCUT2D eigenvalue weighted by atomic mass is 10.0. The summed E-state index contributed by atoms with van der Waals surface area (Å²) in [5.74, 6) is -0.733. The summed E-state index contributed by atoms with van der Waals surface area (Å²) in [6.07, 6.45) is 5.29. The van der Waals surface area contributed by atoms with Gasteiger partial charge in [-0.15, -0.1) is 0 Å². The van der Waals surface area contributed by atoms with E-state index in [2.05, 4.69) is 9.98 Å². The fourth-order valence-corrected chi connectivity index (χ4v) is 2.33. The zero-order valence-corrected chi connectivity index (χ0v) is 13.7. The van der Waals surface area contributed by atoms with Crippen molar-refractivity contribution in [1.29, 1.82) is 0 Å². The summed E-state index contributed by atoms with van der Waals surface area (Å²) < 4.78 is 0. The maximum absolute atomic E-state index is 12.3. The highest BCUT2D eigenvalue weighted by Crippen LogP contribution is 2.10. The van der Waals surface area contributed by atoms with Gasteiger partial charge in [-0.2, -0.15) is 0 Å². The van der Waals surface area contributed by atoms with Gasteiger partial charge in [-0.1, -0.05) is 42.5 Å². The Kier molecular flexibility index (Phi) is 4.90. The second kappa shape index (κ2) is 7.45. The minimum Gasteiger partial charge on any atom is -0.267 e. The van der Waals surface area contributed by atoms with Crippen LogP contribution in [0.25, 0.3) is 0 Å². The van der Waals surface area contributed by atoms with Crippen molar-refractivity contribution in [2.75, 3.05) is 0 Å². The van der Waals surface area contributed by atoms with Gasteiger partial charge in [-0.25, -0.2) is 9.98 Å². The minimum absolute atomic E-state index is 0.366. The normalized spacial score (nSPS) is 16.8. The molecule has 0 spiro atoms. The summed E-state index contributed by atoms with van der Waals surface area (Å²) >= 11 is 0. The van der Waals surface area contributed by atoms with Crippen molar-refractivity contribution in [3.63, 3.8) is 0 Å². The second-order valence-corrected chi connectivity index (χ2v) is 5.56. The average molecular weight is 328 g/mol. The largest absolute Gasteiger partial charge is 0.277 e. The highest BCUT2D eigenvalue weighted by atomic mass is 16.2. The smallest absolute Gasteiger partial charge is 0.267 e. The Labute approximate surface area is 146 Å². The van der Waals surface area contributed by atoms with Crippen molar-refractivity contribution in [3.8, 4) is 0 Å². The zero-order valence-electron chi connectivity index (χ0n) is 13.7. The van der Waals surface area contributed by atoms with Crippen molar-refractivity contribution in [2.45, 2.75) is 6.92 Å². The first-order valence-corrected chi connectivity index (χ1v) is 7.86. The number of amides is 2. The van der Waals surface area contributed by atoms with E-state index in [4.69, 9.17) is 0 Å². The number of aliphatic imine (C=N–C) groups is 2. The number of carbonyl (C=O) groups is 2. The first-order valence-electron chi connectivity index (χ1n) is 7.86. The van der Waals surface area contributed by atoms with E-state index >= 15 is 0 Å². The Morgan fingerprint density at radius 1 is 0.680 bits per heavy atom. The van der Waals surface area contributed by atoms with Crippen molar-refractivity contribution in [1.82, 2.24) is 0 Å². The lowest BCUT2D eigenvalue weighted by molar-refractivity contribution is 0.0993. The lowest BCUT2D eigenvalue weighted by Gasteiger charge is -2.08. The molecule has 2 amide bonds. The van der Waals surface area contributed by atoms with Gasteiger partial charge < -0.3 is 0 Å². The van der Waals surface area contributed by atoms with E-state index in [1.165, 1.54) is 0 Å². The van der Waals surface area contributed by atoms with Gasteiger partial charge in [0.1, 0.15) is 0 Å². The maximum atomic E-state index is 12.3. The summed E-state index contributed by atoms with van der Waals surface area (Å²) in [7, 11) is 0. The summed E-state index contributed by atoms with van der Waals surface area (Å²) in [6.45, 7) is 1.90. The fraction of sp³-hybridized carbons (Fsp3) is 0.0476. The van der Waals surface area contributed by atoms with Crippen LogP contribution in [-0.2, 0) is 0 Å². The van der Waals surface area contributed by atoms with E-state index in [9.17, 15) is 9.59 Å². The third-order valence-corrected chi connectivity index (χ3v) is 3.62. The van der Waals surface area contributed by atoms with E-state index in [-0.39, 0.29) is 11.8 Å². The van der Waals surface area contributed by atoms with E-state index in [0.717, 1.165) is 5.57 Å². The Bertz CT molecular complexity index is 921. The lowest BCUT2D eigenvalue weighted by Crippen LogP contribution is -2.17. The van der Waals surface area contributed by atoms with Gasteiger partial charge >= 0.3 is 0 Å². The predicted octanol–water partition coefficient (Wildman–Crippen LogP) is 4.07. The van der Waals surface area contributed by atoms with Crippen LogP contribution in [0.2, 0.25) is 0 Å². The van der Waals surface area contributed by atoms with Gasteiger partial charge in [-0.05, 0) is 48.9 Å². The number of hydrogen-bond acceptors (Lipinski definition) is 2. The van der Waals surface area contributed by atoms with Crippen LogP contribution in [0, 0.1) is 0 Å². The fourth-order valence-electron chi connectivity index (χ4n) is 2.33. The number of benzene rings is 2. The molecule has 0 fully saturated rings. The van der Waals surface area contributed by atoms with E-state index < -0.39 is 0 Å². The molecule has 0 bridgehead atoms. The molecule has 0 aromatic heterocycles. The van der Waals surface area contributed by atoms with Crippen LogP contribution < -0.4 is 0 Å². The third kappa shape index (κ3) is 4.12. The summed E-state index contributed by atoms with van der Waals surface area (Å²) in [6, 6.07) is 17.6. The SMILES string of the molecule is CC1=CC(=NC(=O)c2ccccc2)C(=NC(=O)c2ccccc2)C=C1. The maximum Gasteiger partial charge on any atom is 0.277 e. The van der Waals surface area contributed by atoms with Gasteiger partial charge in [0.15, 0.2) is 0 Å². The Hall–Kier alpha value is -3.40. The molecular weight excluding hydrogens is 312 g/mol. The monoisotopic (exact) mass is 328 g/mol. The molecule has 2 aromatic rings. The van der Waals surface area contributed by atoms with Gasteiger partial charge in [0.2, 0.25) is 0 Å². The highest BCUT2D eigenvalue weighted by Gasteiger charge is 2.14. The molecule has 4 heteroatoms. The van der Waals surface area contributed by atoms with Crippen molar-refractivity contribution < 1.29 is 9.59 Å². The molecule has 4 nitrogen and oxygen atoms in total. The molecule has 25 heavy (non-hydrogen) atoms. The number of carbonyl (C=O) groups excluding carboxylic acids is 2. The molecule has 0 aliphatic heterocycles.